The van der Waals surface area contributed by atoms with Gasteiger partial charge in [-0.3, -0.25) is 4.79 Å². The standard InChI is InChI=1S/C16H14BrNO2/c1-20-15-4-2-3-14(11-15)18-16(19)10-7-12-5-8-13(17)9-6-12/h2-11H,1H3,(H,18,19). The molecule has 0 radical (unpaired) electrons. The van der Waals surface area contributed by atoms with Gasteiger partial charge in [-0.25, -0.2) is 0 Å². The normalized spacial score (nSPS) is 10.5. The molecule has 0 saturated heterocycles. The van der Waals surface area contributed by atoms with Crippen molar-refractivity contribution in [2.75, 3.05) is 12.4 Å². The third kappa shape index (κ3) is 4.24. The van der Waals surface area contributed by atoms with Gasteiger partial charge in [-0.2, -0.15) is 0 Å². The number of ether oxygens (including phenoxy) is 1. The van der Waals surface area contributed by atoms with E-state index in [4.69, 9.17) is 4.74 Å². The van der Waals surface area contributed by atoms with Gasteiger partial charge in [0, 0.05) is 22.3 Å². The number of nitrogens with one attached hydrogen (secondary N) is 1. The number of rotatable bonds is 4. The quantitative estimate of drug-likeness (QED) is 0.856. The summed E-state index contributed by atoms with van der Waals surface area (Å²) >= 11 is 3.37. The average molecular weight is 332 g/mol. The van der Waals surface area contributed by atoms with E-state index in [9.17, 15) is 4.79 Å². The molecule has 1 N–H and O–H groups in total. The SMILES string of the molecule is COc1cccc(NC(=O)C=Cc2ccc(Br)cc2)c1. The molecule has 0 fully saturated rings. The number of carbonyl (C=O) groups excluding carboxylic acids is 1. The van der Waals surface area contributed by atoms with Crippen LogP contribution in [0.5, 0.6) is 5.75 Å². The Hall–Kier alpha value is -2.07. The molecule has 0 heterocycles. The molecule has 2 rings (SSSR count). The first kappa shape index (κ1) is 14.3. The lowest BCUT2D eigenvalue weighted by Crippen LogP contribution is -2.07. The minimum atomic E-state index is -0.179. The maximum atomic E-state index is 11.8. The molecule has 0 unspecified atom stereocenters. The van der Waals surface area contributed by atoms with Gasteiger partial charge in [0.25, 0.3) is 0 Å². The molecule has 4 heteroatoms. The van der Waals surface area contributed by atoms with E-state index in [1.54, 1.807) is 19.3 Å². The van der Waals surface area contributed by atoms with E-state index < -0.39 is 0 Å². The molecule has 2 aromatic rings. The molecule has 1 amide bonds. The number of hydrogen-bond acceptors (Lipinski definition) is 2. The predicted octanol–water partition coefficient (Wildman–Crippen LogP) is 4.11. The Morgan fingerprint density at radius 1 is 1.20 bits per heavy atom. The number of methoxy groups -OCH3 is 1. The second-order valence-corrected chi connectivity index (χ2v) is 5.02. The summed E-state index contributed by atoms with van der Waals surface area (Å²) in [6.07, 6.45) is 3.27. The number of amides is 1. The molecule has 0 atom stereocenters. The van der Waals surface area contributed by atoms with Crippen LogP contribution in [0, 0.1) is 0 Å². The van der Waals surface area contributed by atoms with Gasteiger partial charge in [-0.05, 0) is 35.9 Å². The van der Waals surface area contributed by atoms with Crippen molar-refractivity contribution < 1.29 is 9.53 Å². The van der Waals surface area contributed by atoms with Gasteiger partial charge < -0.3 is 10.1 Å². The lowest BCUT2D eigenvalue weighted by atomic mass is 10.2. The van der Waals surface area contributed by atoms with E-state index in [2.05, 4.69) is 21.2 Å². The van der Waals surface area contributed by atoms with Crippen LogP contribution in [0.15, 0.2) is 59.1 Å². The first-order valence-electron chi connectivity index (χ1n) is 6.06. The second-order valence-electron chi connectivity index (χ2n) is 4.11. The van der Waals surface area contributed by atoms with Gasteiger partial charge in [0.05, 0.1) is 7.11 Å². The Morgan fingerprint density at radius 3 is 2.65 bits per heavy atom. The monoisotopic (exact) mass is 331 g/mol. The van der Waals surface area contributed by atoms with Crippen LogP contribution in [-0.4, -0.2) is 13.0 Å². The highest BCUT2D eigenvalue weighted by Gasteiger charge is 1.99. The first-order valence-corrected chi connectivity index (χ1v) is 6.85. The summed E-state index contributed by atoms with van der Waals surface area (Å²) in [5.41, 5.74) is 1.67. The van der Waals surface area contributed by atoms with Crippen molar-refractivity contribution >= 4 is 33.6 Å². The lowest BCUT2D eigenvalue weighted by Gasteiger charge is -2.04. The average Bonchev–Trinajstić information content (AvgIpc) is 2.47. The summed E-state index contributed by atoms with van der Waals surface area (Å²) in [4.78, 5) is 11.8. The van der Waals surface area contributed by atoms with Crippen molar-refractivity contribution in [3.05, 3.63) is 64.6 Å². The summed E-state index contributed by atoms with van der Waals surface area (Å²) in [7, 11) is 1.59. The number of anilines is 1. The van der Waals surface area contributed by atoms with Crippen LogP contribution in [0.4, 0.5) is 5.69 Å². The van der Waals surface area contributed by atoms with E-state index in [0.717, 1.165) is 10.0 Å². The molecule has 3 nitrogen and oxygen atoms in total. The molecule has 0 aliphatic rings. The molecule has 0 spiro atoms. The van der Waals surface area contributed by atoms with Crippen LogP contribution in [0.3, 0.4) is 0 Å². The first-order chi connectivity index (χ1) is 9.67. The molecule has 0 aliphatic carbocycles. The Kier molecular flexibility index (Phi) is 4.96. The largest absolute Gasteiger partial charge is 0.497 e. The summed E-state index contributed by atoms with van der Waals surface area (Å²) < 4.78 is 6.11. The fourth-order valence-electron chi connectivity index (χ4n) is 1.63. The Bertz CT molecular complexity index is 621. The van der Waals surface area contributed by atoms with Crippen LogP contribution in [0.2, 0.25) is 0 Å². The van der Waals surface area contributed by atoms with Gasteiger partial charge in [0.15, 0.2) is 0 Å². The lowest BCUT2D eigenvalue weighted by molar-refractivity contribution is -0.111. The zero-order valence-corrected chi connectivity index (χ0v) is 12.6. The van der Waals surface area contributed by atoms with Crippen molar-refractivity contribution in [2.45, 2.75) is 0 Å². The number of benzene rings is 2. The maximum Gasteiger partial charge on any atom is 0.248 e. The van der Waals surface area contributed by atoms with E-state index >= 15 is 0 Å². The molecule has 0 aliphatic heterocycles. The van der Waals surface area contributed by atoms with Crippen molar-refractivity contribution in [1.29, 1.82) is 0 Å². The maximum absolute atomic E-state index is 11.8. The molecule has 20 heavy (non-hydrogen) atoms. The van der Waals surface area contributed by atoms with Crippen LogP contribution in [-0.2, 0) is 4.79 Å². The van der Waals surface area contributed by atoms with Gasteiger partial charge >= 0.3 is 0 Å². The predicted molar refractivity (Wildman–Crippen MR) is 84.8 cm³/mol. The molecule has 0 bridgehead atoms. The molecule has 0 aromatic heterocycles. The number of carbonyl (C=O) groups is 1. The van der Waals surface area contributed by atoms with Gasteiger partial charge in [0.2, 0.25) is 5.91 Å². The zero-order valence-electron chi connectivity index (χ0n) is 11.0. The second kappa shape index (κ2) is 6.91. The fourth-order valence-corrected chi connectivity index (χ4v) is 1.89. The summed E-state index contributed by atoms with van der Waals surface area (Å²) in [6, 6.07) is 15.0. The van der Waals surface area contributed by atoms with E-state index in [1.165, 1.54) is 6.08 Å². The Balaban J connectivity index is 1.99. The van der Waals surface area contributed by atoms with Crippen LogP contribution >= 0.6 is 15.9 Å². The Labute approximate surface area is 126 Å². The van der Waals surface area contributed by atoms with Crippen molar-refractivity contribution in [1.82, 2.24) is 0 Å². The van der Waals surface area contributed by atoms with Gasteiger partial charge in [0.1, 0.15) is 5.75 Å². The summed E-state index contributed by atoms with van der Waals surface area (Å²) in [5, 5.41) is 2.78. The Morgan fingerprint density at radius 2 is 1.95 bits per heavy atom. The molecule has 102 valence electrons. The van der Waals surface area contributed by atoms with Crippen LogP contribution < -0.4 is 10.1 Å². The smallest absolute Gasteiger partial charge is 0.248 e. The third-order valence-corrected chi connectivity index (χ3v) is 3.16. The molecular formula is C16H14BrNO2. The van der Waals surface area contributed by atoms with Crippen LogP contribution in [0.1, 0.15) is 5.56 Å². The van der Waals surface area contributed by atoms with E-state index in [-0.39, 0.29) is 5.91 Å². The highest BCUT2D eigenvalue weighted by atomic mass is 79.9. The molecule has 2 aromatic carbocycles. The summed E-state index contributed by atoms with van der Waals surface area (Å²) in [6.45, 7) is 0. The van der Waals surface area contributed by atoms with E-state index in [0.29, 0.717) is 11.4 Å². The van der Waals surface area contributed by atoms with E-state index in [1.807, 2.05) is 42.5 Å². The van der Waals surface area contributed by atoms with Crippen LogP contribution in [0.25, 0.3) is 6.08 Å². The minimum Gasteiger partial charge on any atom is -0.497 e. The van der Waals surface area contributed by atoms with Crippen molar-refractivity contribution in [3.8, 4) is 5.75 Å². The summed E-state index contributed by atoms with van der Waals surface area (Å²) in [5.74, 6) is 0.529. The van der Waals surface area contributed by atoms with Crippen molar-refractivity contribution in [3.63, 3.8) is 0 Å². The van der Waals surface area contributed by atoms with Gasteiger partial charge in [-0.1, -0.05) is 34.1 Å². The number of hydrogen-bond donors (Lipinski definition) is 1. The fraction of sp³-hybridized carbons (Fsp3) is 0.0625. The topological polar surface area (TPSA) is 38.3 Å². The minimum absolute atomic E-state index is 0.179. The van der Waals surface area contributed by atoms with Gasteiger partial charge in [-0.15, -0.1) is 0 Å². The molecule has 0 saturated carbocycles. The highest BCUT2D eigenvalue weighted by molar-refractivity contribution is 9.10. The van der Waals surface area contributed by atoms with Crippen molar-refractivity contribution in [2.24, 2.45) is 0 Å². The third-order valence-electron chi connectivity index (χ3n) is 2.63. The molecular weight excluding hydrogens is 318 g/mol. The highest BCUT2D eigenvalue weighted by Crippen LogP contribution is 2.17. The number of halogens is 1. The zero-order chi connectivity index (χ0) is 14.4.